The van der Waals surface area contributed by atoms with Crippen molar-refractivity contribution in [3.05, 3.63) is 71.3 Å². The molecule has 0 spiro atoms. The van der Waals surface area contributed by atoms with Crippen LogP contribution in [0.5, 0.6) is 0 Å². The second kappa shape index (κ2) is 8.65. The highest BCUT2D eigenvalue weighted by atomic mass is 32.2. The van der Waals surface area contributed by atoms with Gasteiger partial charge in [-0.05, 0) is 31.4 Å². The van der Waals surface area contributed by atoms with Gasteiger partial charge in [0.25, 0.3) is 0 Å². The Morgan fingerprint density at radius 2 is 1.83 bits per heavy atom. The number of sulfonamides is 1. The van der Waals surface area contributed by atoms with Crippen LogP contribution in [-0.4, -0.2) is 48.2 Å². The van der Waals surface area contributed by atoms with Gasteiger partial charge in [-0.2, -0.15) is 4.31 Å². The number of aliphatic carboxylic acids is 1. The standard InChI is InChI=1S/C22H27NO5S/c1-17-8-10-19(11-9-17)20-14-22(2,21(24)25)23(15-20)29(26,27)13-12-28-16-18-6-4-3-5-7-18/h3-11,20H,12-16H2,1-2H3,(H,24,25). The minimum absolute atomic E-state index is 0.0125. The van der Waals surface area contributed by atoms with Crippen molar-refractivity contribution in [3.8, 4) is 0 Å². The zero-order chi connectivity index (χ0) is 21.1. The molecule has 1 N–H and O–H groups in total. The number of rotatable bonds is 8. The Morgan fingerprint density at radius 3 is 2.45 bits per heavy atom. The number of aryl methyl sites for hydroxylation is 1. The van der Waals surface area contributed by atoms with Crippen LogP contribution in [0.15, 0.2) is 54.6 Å². The summed E-state index contributed by atoms with van der Waals surface area (Å²) in [5, 5.41) is 9.80. The molecule has 2 aromatic rings. The molecular formula is C22H27NO5S. The molecule has 156 valence electrons. The summed E-state index contributed by atoms with van der Waals surface area (Å²) in [6.45, 7) is 3.96. The van der Waals surface area contributed by atoms with Crippen LogP contribution in [0.25, 0.3) is 0 Å². The van der Waals surface area contributed by atoms with E-state index in [4.69, 9.17) is 4.74 Å². The molecule has 2 atom stereocenters. The van der Waals surface area contributed by atoms with Crippen molar-refractivity contribution < 1.29 is 23.1 Å². The maximum atomic E-state index is 13.0. The molecule has 0 bridgehead atoms. The summed E-state index contributed by atoms with van der Waals surface area (Å²) < 4.78 is 32.6. The van der Waals surface area contributed by atoms with Gasteiger partial charge >= 0.3 is 5.97 Å². The van der Waals surface area contributed by atoms with Gasteiger partial charge in [0.2, 0.25) is 10.0 Å². The number of ether oxygens (including phenoxy) is 1. The lowest BCUT2D eigenvalue weighted by Gasteiger charge is -2.30. The molecule has 0 aliphatic carbocycles. The van der Waals surface area contributed by atoms with Gasteiger partial charge in [-0.1, -0.05) is 60.2 Å². The van der Waals surface area contributed by atoms with Crippen molar-refractivity contribution in [2.24, 2.45) is 0 Å². The second-order valence-electron chi connectivity index (χ2n) is 7.78. The highest BCUT2D eigenvalue weighted by molar-refractivity contribution is 7.89. The molecule has 2 unspecified atom stereocenters. The van der Waals surface area contributed by atoms with E-state index in [1.165, 1.54) is 6.92 Å². The largest absolute Gasteiger partial charge is 0.480 e. The van der Waals surface area contributed by atoms with E-state index in [1.54, 1.807) is 0 Å². The lowest BCUT2D eigenvalue weighted by atomic mass is 9.90. The summed E-state index contributed by atoms with van der Waals surface area (Å²) in [5.74, 6) is -1.53. The number of carbonyl (C=O) groups is 1. The Labute approximate surface area is 172 Å². The summed E-state index contributed by atoms with van der Waals surface area (Å²) in [6, 6.07) is 17.3. The van der Waals surface area contributed by atoms with Crippen LogP contribution in [0.1, 0.15) is 36.0 Å². The van der Waals surface area contributed by atoms with E-state index >= 15 is 0 Å². The van der Waals surface area contributed by atoms with E-state index < -0.39 is 21.5 Å². The zero-order valence-corrected chi connectivity index (χ0v) is 17.6. The van der Waals surface area contributed by atoms with Crippen LogP contribution >= 0.6 is 0 Å². The van der Waals surface area contributed by atoms with E-state index in [0.29, 0.717) is 6.61 Å². The molecule has 1 saturated heterocycles. The van der Waals surface area contributed by atoms with Crippen molar-refractivity contribution in [2.45, 2.75) is 38.3 Å². The molecule has 6 nitrogen and oxygen atoms in total. The first kappa shape index (κ1) is 21.5. The average molecular weight is 418 g/mol. The Bertz CT molecular complexity index is 943. The third-order valence-corrected chi connectivity index (χ3v) is 7.43. The van der Waals surface area contributed by atoms with Gasteiger partial charge in [-0.3, -0.25) is 4.79 Å². The Balaban J connectivity index is 1.69. The molecule has 3 rings (SSSR count). The van der Waals surface area contributed by atoms with Gasteiger partial charge in [0.05, 0.1) is 19.0 Å². The summed E-state index contributed by atoms with van der Waals surface area (Å²) in [4.78, 5) is 12.0. The molecule has 7 heteroatoms. The maximum absolute atomic E-state index is 13.0. The normalized spacial score (nSPS) is 22.6. The minimum atomic E-state index is -3.79. The molecule has 1 aliphatic rings. The monoisotopic (exact) mass is 417 g/mol. The van der Waals surface area contributed by atoms with Crippen LogP contribution < -0.4 is 0 Å². The number of hydrogen-bond acceptors (Lipinski definition) is 4. The van der Waals surface area contributed by atoms with E-state index in [-0.39, 0.29) is 31.2 Å². The average Bonchev–Trinajstić information content (AvgIpc) is 3.07. The van der Waals surface area contributed by atoms with Crippen LogP contribution in [-0.2, 0) is 26.2 Å². The summed E-state index contributed by atoms with van der Waals surface area (Å²) in [7, 11) is -3.79. The predicted octanol–water partition coefficient (Wildman–Crippen LogP) is 3.17. The smallest absolute Gasteiger partial charge is 0.324 e. The van der Waals surface area contributed by atoms with Gasteiger partial charge in [0, 0.05) is 12.5 Å². The van der Waals surface area contributed by atoms with Crippen molar-refractivity contribution in [1.82, 2.24) is 4.31 Å². The fourth-order valence-corrected chi connectivity index (χ4v) is 5.49. The number of nitrogens with zero attached hydrogens (tertiary/aromatic N) is 1. The van der Waals surface area contributed by atoms with Gasteiger partial charge in [0.1, 0.15) is 5.54 Å². The molecule has 1 fully saturated rings. The lowest BCUT2D eigenvalue weighted by molar-refractivity contribution is -0.146. The van der Waals surface area contributed by atoms with Gasteiger partial charge < -0.3 is 9.84 Å². The number of carboxylic acid groups (broad SMARTS) is 1. The molecule has 0 radical (unpaired) electrons. The van der Waals surface area contributed by atoms with Crippen LogP contribution in [0.3, 0.4) is 0 Å². The third kappa shape index (κ3) is 4.86. The van der Waals surface area contributed by atoms with Crippen molar-refractivity contribution in [3.63, 3.8) is 0 Å². The van der Waals surface area contributed by atoms with E-state index in [9.17, 15) is 18.3 Å². The maximum Gasteiger partial charge on any atom is 0.324 e. The van der Waals surface area contributed by atoms with Crippen LogP contribution in [0.2, 0.25) is 0 Å². The van der Waals surface area contributed by atoms with Crippen molar-refractivity contribution in [2.75, 3.05) is 18.9 Å². The Kier molecular flexibility index (Phi) is 6.41. The first-order valence-corrected chi connectivity index (χ1v) is 11.3. The SMILES string of the molecule is Cc1ccc(C2CN(S(=O)(=O)CCOCc3ccccc3)C(C)(C(=O)O)C2)cc1. The van der Waals surface area contributed by atoms with Crippen LogP contribution in [0, 0.1) is 6.92 Å². The number of benzene rings is 2. The molecule has 0 saturated carbocycles. The Morgan fingerprint density at radius 1 is 1.17 bits per heavy atom. The predicted molar refractivity (Wildman–Crippen MR) is 111 cm³/mol. The molecule has 0 amide bonds. The first-order valence-electron chi connectivity index (χ1n) is 9.64. The summed E-state index contributed by atoms with van der Waals surface area (Å²) in [6.07, 6.45) is 0.246. The van der Waals surface area contributed by atoms with Crippen molar-refractivity contribution >= 4 is 16.0 Å². The van der Waals surface area contributed by atoms with E-state index in [1.807, 2.05) is 61.5 Å². The highest BCUT2D eigenvalue weighted by Crippen LogP contribution is 2.41. The van der Waals surface area contributed by atoms with Gasteiger partial charge in [-0.15, -0.1) is 0 Å². The number of hydrogen-bond donors (Lipinski definition) is 1. The Hall–Kier alpha value is -2.22. The second-order valence-corrected chi connectivity index (χ2v) is 9.79. The zero-order valence-electron chi connectivity index (χ0n) is 16.7. The summed E-state index contributed by atoms with van der Waals surface area (Å²) in [5.41, 5.74) is 1.56. The molecule has 1 aliphatic heterocycles. The van der Waals surface area contributed by atoms with Crippen LogP contribution in [0.4, 0.5) is 0 Å². The van der Waals surface area contributed by atoms with Gasteiger partial charge in [-0.25, -0.2) is 8.42 Å². The number of carboxylic acids is 1. The minimum Gasteiger partial charge on any atom is -0.480 e. The molecule has 29 heavy (non-hydrogen) atoms. The fraction of sp³-hybridized carbons (Fsp3) is 0.409. The molecule has 0 aromatic heterocycles. The summed E-state index contributed by atoms with van der Waals surface area (Å²) >= 11 is 0. The first-order chi connectivity index (χ1) is 13.7. The quantitative estimate of drug-likeness (QED) is 0.667. The van der Waals surface area contributed by atoms with E-state index in [0.717, 1.165) is 21.0 Å². The van der Waals surface area contributed by atoms with Crippen molar-refractivity contribution in [1.29, 1.82) is 0 Å². The molecule has 1 heterocycles. The lowest BCUT2D eigenvalue weighted by Crippen LogP contribution is -2.51. The van der Waals surface area contributed by atoms with E-state index in [2.05, 4.69) is 0 Å². The molecular weight excluding hydrogens is 390 g/mol. The third-order valence-electron chi connectivity index (χ3n) is 5.52. The molecule has 2 aromatic carbocycles. The highest BCUT2D eigenvalue weighted by Gasteiger charge is 2.53. The van der Waals surface area contributed by atoms with Gasteiger partial charge in [0.15, 0.2) is 0 Å². The fourth-order valence-electron chi connectivity index (χ4n) is 3.76. The topological polar surface area (TPSA) is 83.9 Å².